The summed E-state index contributed by atoms with van der Waals surface area (Å²) in [7, 11) is 0. The Balaban J connectivity index is 1.81. The van der Waals surface area contributed by atoms with E-state index < -0.39 is 5.97 Å². The van der Waals surface area contributed by atoms with Gasteiger partial charge in [-0.2, -0.15) is 0 Å². The van der Waals surface area contributed by atoms with E-state index in [0.29, 0.717) is 22.4 Å². The van der Waals surface area contributed by atoms with E-state index in [0.717, 1.165) is 11.3 Å². The fourth-order valence-electron chi connectivity index (χ4n) is 2.32. The molecule has 1 aliphatic heterocycles. The zero-order valence-corrected chi connectivity index (χ0v) is 14.7. The van der Waals surface area contributed by atoms with E-state index in [9.17, 15) is 14.7 Å². The molecule has 132 valence electrons. The molecule has 1 fully saturated rings. The number of carboxylic acids is 1. The number of hydrogen-bond donors (Lipinski definition) is 2. The molecule has 2 aromatic carbocycles. The third-order valence-corrected chi connectivity index (χ3v) is 4.41. The van der Waals surface area contributed by atoms with Crippen LogP contribution in [0.25, 0.3) is 6.08 Å². The standard InChI is InChI=1S/C19H16N2O4S/c1-2-25-13-9-7-12(8-10-13)11-16-17(22)21-19(26-16)20-15-6-4-3-5-14(15)18(23)24/h3-11H,2H2,1H3,(H,23,24)(H,20,21,22)/b16-11-. The van der Waals surface area contributed by atoms with Crippen molar-refractivity contribution in [1.82, 2.24) is 5.32 Å². The van der Waals surface area contributed by atoms with Crippen LogP contribution >= 0.6 is 11.8 Å². The molecule has 1 amide bonds. The maximum absolute atomic E-state index is 12.1. The Bertz CT molecular complexity index is 904. The number of carboxylic acid groups (broad SMARTS) is 1. The smallest absolute Gasteiger partial charge is 0.337 e. The lowest BCUT2D eigenvalue weighted by molar-refractivity contribution is -0.115. The Morgan fingerprint density at radius 2 is 1.96 bits per heavy atom. The van der Waals surface area contributed by atoms with Crippen LogP contribution in [0.1, 0.15) is 22.8 Å². The van der Waals surface area contributed by atoms with Crippen LogP contribution < -0.4 is 10.1 Å². The van der Waals surface area contributed by atoms with Crippen LogP contribution in [-0.2, 0) is 4.79 Å². The molecular weight excluding hydrogens is 352 g/mol. The molecule has 1 heterocycles. The van der Waals surface area contributed by atoms with E-state index in [-0.39, 0.29) is 11.5 Å². The number of thioether (sulfide) groups is 1. The van der Waals surface area contributed by atoms with Crippen LogP contribution in [0, 0.1) is 0 Å². The summed E-state index contributed by atoms with van der Waals surface area (Å²) in [6, 6.07) is 13.8. The fraction of sp³-hybridized carbons (Fsp3) is 0.105. The number of benzene rings is 2. The number of nitrogens with one attached hydrogen (secondary N) is 1. The number of para-hydroxylation sites is 1. The predicted molar refractivity (Wildman–Crippen MR) is 102 cm³/mol. The number of rotatable bonds is 5. The number of hydrogen-bond acceptors (Lipinski definition) is 5. The molecule has 1 aliphatic rings. The molecule has 0 aromatic heterocycles. The summed E-state index contributed by atoms with van der Waals surface area (Å²) in [6.45, 7) is 2.51. The van der Waals surface area contributed by atoms with Gasteiger partial charge in [0.1, 0.15) is 5.75 Å². The SMILES string of the molecule is CCOc1ccc(/C=C2\SC(=Nc3ccccc3C(=O)O)NC2=O)cc1. The van der Waals surface area contributed by atoms with Crippen LogP contribution in [0.3, 0.4) is 0 Å². The maximum atomic E-state index is 12.1. The van der Waals surface area contributed by atoms with Crippen molar-refractivity contribution >= 4 is 40.6 Å². The average molecular weight is 368 g/mol. The van der Waals surface area contributed by atoms with Gasteiger partial charge in [-0.05, 0) is 54.6 Å². The van der Waals surface area contributed by atoms with Gasteiger partial charge in [0.2, 0.25) is 0 Å². The van der Waals surface area contributed by atoms with Gasteiger partial charge in [-0.1, -0.05) is 24.3 Å². The van der Waals surface area contributed by atoms with Gasteiger partial charge in [0.05, 0.1) is 22.8 Å². The van der Waals surface area contributed by atoms with E-state index in [1.807, 2.05) is 31.2 Å². The Kier molecular flexibility index (Phi) is 5.38. The quantitative estimate of drug-likeness (QED) is 0.786. The van der Waals surface area contributed by atoms with Crippen molar-refractivity contribution in [2.45, 2.75) is 6.92 Å². The van der Waals surface area contributed by atoms with Gasteiger partial charge < -0.3 is 15.2 Å². The second-order valence-corrected chi connectivity index (χ2v) is 6.34. The normalized spacial score (nSPS) is 16.7. The summed E-state index contributed by atoms with van der Waals surface area (Å²) in [5.74, 6) is -0.564. The monoisotopic (exact) mass is 368 g/mol. The number of ether oxygens (including phenoxy) is 1. The lowest BCUT2D eigenvalue weighted by Gasteiger charge is -2.02. The third kappa shape index (κ3) is 4.12. The molecule has 1 saturated heterocycles. The Hall–Kier alpha value is -3.06. The highest BCUT2D eigenvalue weighted by Crippen LogP contribution is 2.29. The Labute approximate surface area is 154 Å². The number of amidine groups is 1. The largest absolute Gasteiger partial charge is 0.494 e. The Morgan fingerprint density at radius 3 is 2.65 bits per heavy atom. The number of nitrogens with zero attached hydrogens (tertiary/aromatic N) is 1. The second-order valence-electron chi connectivity index (χ2n) is 5.31. The van der Waals surface area contributed by atoms with Crippen molar-refractivity contribution in [1.29, 1.82) is 0 Å². The zero-order chi connectivity index (χ0) is 18.5. The molecule has 0 saturated carbocycles. The topological polar surface area (TPSA) is 88.0 Å². The number of aromatic carboxylic acids is 1. The minimum absolute atomic E-state index is 0.0822. The highest BCUT2D eigenvalue weighted by Gasteiger charge is 2.24. The maximum Gasteiger partial charge on any atom is 0.337 e. The van der Waals surface area contributed by atoms with Crippen LogP contribution in [0.5, 0.6) is 5.75 Å². The molecule has 7 heteroatoms. The van der Waals surface area contributed by atoms with Crippen molar-refractivity contribution in [2.24, 2.45) is 4.99 Å². The van der Waals surface area contributed by atoms with Crippen LogP contribution in [0.15, 0.2) is 58.4 Å². The number of carbonyl (C=O) groups excluding carboxylic acids is 1. The van der Waals surface area contributed by atoms with Gasteiger partial charge in [-0.15, -0.1) is 0 Å². The van der Waals surface area contributed by atoms with Crippen molar-refractivity contribution in [2.75, 3.05) is 6.61 Å². The minimum Gasteiger partial charge on any atom is -0.494 e. The van der Waals surface area contributed by atoms with E-state index >= 15 is 0 Å². The first-order chi connectivity index (χ1) is 12.6. The molecule has 6 nitrogen and oxygen atoms in total. The molecule has 2 aromatic rings. The highest BCUT2D eigenvalue weighted by molar-refractivity contribution is 8.18. The Morgan fingerprint density at radius 1 is 1.23 bits per heavy atom. The number of aliphatic imine (C=N–C) groups is 1. The summed E-state index contributed by atoms with van der Waals surface area (Å²) in [6.07, 6.45) is 1.75. The van der Waals surface area contributed by atoms with Crippen molar-refractivity contribution < 1.29 is 19.4 Å². The van der Waals surface area contributed by atoms with E-state index in [4.69, 9.17) is 4.74 Å². The molecule has 3 rings (SSSR count). The van der Waals surface area contributed by atoms with Crippen molar-refractivity contribution in [3.8, 4) is 5.75 Å². The summed E-state index contributed by atoms with van der Waals surface area (Å²) < 4.78 is 5.39. The molecule has 2 N–H and O–H groups in total. The number of amides is 1. The summed E-state index contributed by atoms with van der Waals surface area (Å²) in [5.41, 5.74) is 1.24. The first-order valence-corrected chi connectivity index (χ1v) is 8.73. The minimum atomic E-state index is -1.07. The van der Waals surface area contributed by atoms with Gasteiger partial charge in [-0.25, -0.2) is 9.79 Å². The summed E-state index contributed by atoms with van der Waals surface area (Å²) >= 11 is 1.17. The summed E-state index contributed by atoms with van der Waals surface area (Å²) in [5, 5.41) is 12.2. The van der Waals surface area contributed by atoms with Crippen molar-refractivity contribution in [3.63, 3.8) is 0 Å². The fourth-order valence-corrected chi connectivity index (χ4v) is 3.15. The molecule has 0 unspecified atom stereocenters. The second kappa shape index (κ2) is 7.88. The van der Waals surface area contributed by atoms with Gasteiger partial charge in [0, 0.05) is 0 Å². The first kappa shape index (κ1) is 17.8. The van der Waals surface area contributed by atoms with Crippen LogP contribution in [0.4, 0.5) is 5.69 Å². The third-order valence-electron chi connectivity index (χ3n) is 3.50. The number of carbonyl (C=O) groups is 2. The van der Waals surface area contributed by atoms with Crippen LogP contribution in [0.2, 0.25) is 0 Å². The predicted octanol–water partition coefficient (Wildman–Crippen LogP) is 3.68. The molecular formula is C19H16N2O4S. The zero-order valence-electron chi connectivity index (χ0n) is 13.9. The molecule has 26 heavy (non-hydrogen) atoms. The highest BCUT2D eigenvalue weighted by atomic mass is 32.2. The molecule has 0 spiro atoms. The molecule has 0 aliphatic carbocycles. The molecule has 0 bridgehead atoms. The molecule has 0 radical (unpaired) electrons. The average Bonchev–Trinajstić information content (AvgIpc) is 2.96. The van der Waals surface area contributed by atoms with Gasteiger partial charge in [0.15, 0.2) is 5.17 Å². The van der Waals surface area contributed by atoms with Gasteiger partial charge in [-0.3, -0.25) is 4.79 Å². The van der Waals surface area contributed by atoms with E-state index in [1.165, 1.54) is 17.8 Å². The van der Waals surface area contributed by atoms with E-state index in [1.54, 1.807) is 24.3 Å². The summed E-state index contributed by atoms with van der Waals surface area (Å²) in [4.78, 5) is 28.2. The molecule has 0 atom stereocenters. The van der Waals surface area contributed by atoms with Crippen LogP contribution in [-0.4, -0.2) is 28.8 Å². The van der Waals surface area contributed by atoms with Gasteiger partial charge in [0.25, 0.3) is 5.91 Å². The lowest BCUT2D eigenvalue weighted by atomic mass is 10.2. The lowest BCUT2D eigenvalue weighted by Crippen LogP contribution is -2.19. The first-order valence-electron chi connectivity index (χ1n) is 7.91. The van der Waals surface area contributed by atoms with Gasteiger partial charge >= 0.3 is 5.97 Å². The van der Waals surface area contributed by atoms with Crippen molar-refractivity contribution in [3.05, 3.63) is 64.6 Å². The van der Waals surface area contributed by atoms with E-state index in [2.05, 4.69) is 10.3 Å².